The lowest BCUT2D eigenvalue weighted by atomic mass is 10.1. The molecule has 0 aromatic carbocycles. The Morgan fingerprint density at radius 2 is 2.06 bits per heavy atom. The van der Waals surface area contributed by atoms with Gasteiger partial charge >= 0.3 is 0 Å². The van der Waals surface area contributed by atoms with Gasteiger partial charge in [0, 0.05) is 30.0 Å². The van der Waals surface area contributed by atoms with Gasteiger partial charge in [-0.05, 0) is 61.1 Å². The predicted octanol–water partition coefficient (Wildman–Crippen LogP) is 4.57. The Hall–Kier alpha value is -3.45. The number of aromatic nitrogens is 6. The third-order valence-corrected chi connectivity index (χ3v) is 6.27. The summed E-state index contributed by atoms with van der Waals surface area (Å²) in [6.45, 7) is 0.526. The van der Waals surface area contributed by atoms with Crippen LogP contribution in [0.3, 0.4) is 0 Å². The molecule has 1 fully saturated rings. The minimum atomic E-state index is 0.0449. The van der Waals surface area contributed by atoms with Gasteiger partial charge in [-0.1, -0.05) is 11.6 Å². The van der Waals surface area contributed by atoms with E-state index in [1.165, 1.54) is 18.4 Å². The van der Waals surface area contributed by atoms with E-state index in [2.05, 4.69) is 33.4 Å². The molecule has 0 saturated heterocycles. The first kappa shape index (κ1) is 19.3. The minimum Gasteiger partial charge on any atom is -0.306 e. The van der Waals surface area contributed by atoms with Crippen LogP contribution in [0.1, 0.15) is 52.5 Å². The van der Waals surface area contributed by atoms with Gasteiger partial charge in [0.1, 0.15) is 0 Å². The molecule has 7 nitrogen and oxygen atoms in total. The second-order valence-corrected chi connectivity index (χ2v) is 8.85. The summed E-state index contributed by atoms with van der Waals surface area (Å²) in [4.78, 5) is 17.1. The molecular weight excluding hydrogens is 424 g/mol. The molecular formula is C24H21ClN6O. The number of carbonyl (C=O) groups is 1. The van der Waals surface area contributed by atoms with Crippen LogP contribution < -0.4 is 0 Å². The van der Waals surface area contributed by atoms with Crippen LogP contribution in [0.5, 0.6) is 0 Å². The van der Waals surface area contributed by atoms with Crippen molar-refractivity contribution in [3.63, 3.8) is 0 Å². The van der Waals surface area contributed by atoms with Crippen molar-refractivity contribution in [1.82, 2.24) is 28.8 Å². The van der Waals surface area contributed by atoms with Crippen molar-refractivity contribution in [3.05, 3.63) is 89.0 Å². The third kappa shape index (κ3) is 3.69. The van der Waals surface area contributed by atoms with Crippen LogP contribution >= 0.6 is 11.6 Å². The molecule has 1 saturated carbocycles. The number of hydrogen-bond acceptors (Lipinski definition) is 4. The fourth-order valence-corrected chi connectivity index (χ4v) is 4.32. The molecule has 6 rings (SSSR count). The van der Waals surface area contributed by atoms with Crippen molar-refractivity contribution in [2.45, 2.75) is 38.1 Å². The number of pyridine rings is 2. The largest absolute Gasteiger partial charge is 0.306 e. The van der Waals surface area contributed by atoms with Crippen LogP contribution in [0, 0.1) is 0 Å². The summed E-state index contributed by atoms with van der Waals surface area (Å²) < 4.78 is 5.58. The van der Waals surface area contributed by atoms with Gasteiger partial charge in [-0.25, -0.2) is 9.50 Å². The maximum atomic E-state index is 12.7. The van der Waals surface area contributed by atoms with Crippen molar-refractivity contribution in [1.29, 1.82) is 0 Å². The number of carbonyl (C=O) groups excluding carboxylic acids is 1. The number of Topliss-reactive ketones (excluding diaryl/α,β-unsaturated/α-hetero) is 1. The Labute approximate surface area is 189 Å². The molecule has 0 atom stereocenters. The number of aryl methyl sites for hydroxylation is 1. The van der Waals surface area contributed by atoms with Crippen LogP contribution in [0.25, 0.3) is 11.0 Å². The molecule has 0 amide bonds. The van der Waals surface area contributed by atoms with Gasteiger partial charge in [-0.15, -0.1) is 0 Å². The number of nitrogens with zero attached hydrogens (tertiary/aromatic N) is 6. The van der Waals surface area contributed by atoms with E-state index in [4.69, 9.17) is 11.6 Å². The standard InChI is InChI=1S/C24H21ClN6O/c25-19-6-7-29-15-26-22(23(29)10-19)3-4-24(32)18-12-27-30(13-18)14-20-11-21-9-17(16-1-2-16)5-8-31(21)28-20/h5-13,15-16H,1-4,14H2. The summed E-state index contributed by atoms with van der Waals surface area (Å²) in [5, 5.41) is 9.67. The molecule has 160 valence electrons. The number of hydrogen-bond donors (Lipinski definition) is 0. The highest BCUT2D eigenvalue weighted by molar-refractivity contribution is 6.30. The van der Waals surface area contributed by atoms with Gasteiger partial charge in [0.25, 0.3) is 0 Å². The van der Waals surface area contributed by atoms with Gasteiger partial charge in [0.15, 0.2) is 5.78 Å². The van der Waals surface area contributed by atoms with E-state index >= 15 is 0 Å². The van der Waals surface area contributed by atoms with Gasteiger partial charge < -0.3 is 4.40 Å². The van der Waals surface area contributed by atoms with E-state index in [0.29, 0.717) is 30.0 Å². The zero-order valence-electron chi connectivity index (χ0n) is 17.4. The summed E-state index contributed by atoms with van der Waals surface area (Å²) in [7, 11) is 0. The topological polar surface area (TPSA) is 69.5 Å². The lowest BCUT2D eigenvalue weighted by Gasteiger charge is -1.99. The average Bonchev–Trinajstić information content (AvgIpc) is 3.21. The number of fused-ring (bicyclic) bond motifs is 2. The van der Waals surface area contributed by atoms with Crippen LogP contribution in [0.4, 0.5) is 0 Å². The van der Waals surface area contributed by atoms with E-state index < -0.39 is 0 Å². The fraction of sp³-hybridized carbons (Fsp3) is 0.250. The summed E-state index contributed by atoms with van der Waals surface area (Å²) in [6.07, 6.45) is 12.5. The molecule has 0 spiro atoms. The summed E-state index contributed by atoms with van der Waals surface area (Å²) in [5.41, 5.74) is 5.80. The van der Waals surface area contributed by atoms with E-state index in [9.17, 15) is 4.79 Å². The van der Waals surface area contributed by atoms with Gasteiger partial charge in [-0.3, -0.25) is 9.48 Å². The lowest BCUT2D eigenvalue weighted by Crippen LogP contribution is -2.03. The Bertz CT molecular complexity index is 1460. The molecule has 32 heavy (non-hydrogen) atoms. The molecule has 5 aromatic rings. The second kappa shape index (κ2) is 7.60. The molecule has 0 aliphatic heterocycles. The molecule has 1 aliphatic rings. The summed E-state index contributed by atoms with van der Waals surface area (Å²) in [6, 6.07) is 10.1. The normalized spacial score (nSPS) is 13.9. The van der Waals surface area contributed by atoms with E-state index in [0.717, 1.165) is 28.3 Å². The Kier molecular flexibility index (Phi) is 4.57. The molecule has 0 radical (unpaired) electrons. The highest BCUT2D eigenvalue weighted by atomic mass is 35.5. The molecule has 0 N–H and O–H groups in total. The average molecular weight is 445 g/mol. The minimum absolute atomic E-state index is 0.0449. The maximum Gasteiger partial charge on any atom is 0.166 e. The van der Waals surface area contributed by atoms with Crippen LogP contribution in [-0.2, 0) is 13.0 Å². The first-order chi connectivity index (χ1) is 15.6. The van der Waals surface area contributed by atoms with E-state index in [1.54, 1.807) is 23.4 Å². The molecule has 0 bridgehead atoms. The third-order valence-electron chi connectivity index (χ3n) is 6.04. The van der Waals surface area contributed by atoms with Gasteiger partial charge in [0.2, 0.25) is 0 Å². The van der Waals surface area contributed by atoms with Crippen LogP contribution in [-0.4, -0.2) is 34.6 Å². The maximum absolute atomic E-state index is 12.7. The number of rotatable bonds is 7. The van der Waals surface area contributed by atoms with E-state index in [1.807, 2.05) is 33.4 Å². The predicted molar refractivity (Wildman–Crippen MR) is 121 cm³/mol. The monoisotopic (exact) mass is 444 g/mol. The van der Waals surface area contributed by atoms with E-state index in [-0.39, 0.29) is 5.78 Å². The molecule has 1 aliphatic carbocycles. The number of imidazole rings is 1. The van der Waals surface area contributed by atoms with Crippen molar-refractivity contribution in [2.75, 3.05) is 0 Å². The van der Waals surface area contributed by atoms with Crippen LogP contribution in [0.2, 0.25) is 5.02 Å². The Morgan fingerprint density at radius 1 is 1.16 bits per heavy atom. The quantitative estimate of drug-likeness (QED) is 0.345. The second-order valence-electron chi connectivity index (χ2n) is 8.42. The molecule has 5 aromatic heterocycles. The SMILES string of the molecule is O=C(CCc1ncn2ccc(Cl)cc12)c1cnn(Cc2cc3cc(C4CC4)ccn3n2)c1. The number of halogens is 1. The number of ketones is 1. The highest BCUT2D eigenvalue weighted by Crippen LogP contribution is 2.40. The van der Waals surface area contributed by atoms with Crippen LogP contribution in [0.15, 0.2) is 61.4 Å². The molecule has 0 unspecified atom stereocenters. The van der Waals surface area contributed by atoms with Gasteiger partial charge in [0.05, 0.1) is 47.1 Å². The summed E-state index contributed by atoms with van der Waals surface area (Å²) >= 11 is 6.10. The van der Waals surface area contributed by atoms with Crippen molar-refractivity contribution in [2.24, 2.45) is 0 Å². The van der Waals surface area contributed by atoms with Crippen molar-refractivity contribution < 1.29 is 4.79 Å². The molecule has 5 heterocycles. The van der Waals surface area contributed by atoms with Crippen molar-refractivity contribution >= 4 is 28.4 Å². The molecule has 8 heteroatoms. The highest BCUT2D eigenvalue weighted by Gasteiger charge is 2.23. The Balaban J connectivity index is 1.13. The first-order valence-electron chi connectivity index (χ1n) is 10.8. The smallest absolute Gasteiger partial charge is 0.166 e. The fourth-order valence-electron chi connectivity index (χ4n) is 4.16. The lowest BCUT2D eigenvalue weighted by molar-refractivity contribution is 0.0982. The Morgan fingerprint density at radius 3 is 2.94 bits per heavy atom. The van der Waals surface area contributed by atoms with Gasteiger partial charge in [-0.2, -0.15) is 10.2 Å². The zero-order valence-corrected chi connectivity index (χ0v) is 18.1. The first-order valence-corrected chi connectivity index (χ1v) is 11.2. The van der Waals surface area contributed by atoms with Crippen molar-refractivity contribution in [3.8, 4) is 0 Å². The summed E-state index contributed by atoms with van der Waals surface area (Å²) in [5.74, 6) is 0.763. The zero-order chi connectivity index (χ0) is 21.7.